The Morgan fingerprint density at radius 2 is 2.00 bits per heavy atom. The highest BCUT2D eigenvalue weighted by molar-refractivity contribution is 5.87. The number of carbonyl (C=O) groups is 1. The van der Waals surface area contributed by atoms with Crippen molar-refractivity contribution in [1.82, 2.24) is 19.9 Å². The Morgan fingerprint density at radius 1 is 1.19 bits per heavy atom. The van der Waals surface area contributed by atoms with Gasteiger partial charge in [-0.2, -0.15) is 0 Å². The van der Waals surface area contributed by atoms with Gasteiger partial charge in [-0.1, -0.05) is 30.3 Å². The zero-order valence-corrected chi connectivity index (χ0v) is 11.8. The van der Waals surface area contributed by atoms with Crippen molar-refractivity contribution in [1.29, 1.82) is 0 Å². The summed E-state index contributed by atoms with van der Waals surface area (Å²) in [6.07, 6.45) is 2.31. The number of carbonyl (C=O) groups excluding carboxylic acids is 1. The number of hydrogen-bond donors (Lipinski definition) is 1. The van der Waals surface area contributed by atoms with E-state index in [9.17, 15) is 4.79 Å². The number of rotatable bonds is 3. The van der Waals surface area contributed by atoms with Crippen molar-refractivity contribution in [2.45, 2.75) is 13.3 Å². The maximum absolute atomic E-state index is 12.2. The van der Waals surface area contributed by atoms with Crippen LogP contribution in [0.5, 0.6) is 0 Å². The van der Waals surface area contributed by atoms with Crippen molar-refractivity contribution in [3.63, 3.8) is 0 Å². The van der Waals surface area contributed by atoms with Crippen LogP contribution >= 0.6 is 0 Å². The lowest BCUT2D eigenvalue weighted by Crippen LogP contribution is -2.29. The normalized spacial score (nSPS) is 10.7. The van der Waals surface area contributed by atoms with Gasteiger partial charge < -0.3 is 5.32 Å². The van der Waals surface area contributed by atoms with E-state index in [0.717, 1.165) is 17.6 Å². The number of aromatic nitrogens is 3. The van der Waals surface area contributed by atoms with Gasteiger partial charge in [-0.3, -0.25) is 0 Å². The van der Waals surface area contributed by atoms with Gasteiger partial charge in [0.1, 0.15) is 6.33 Å². The number of nitrogens with zero attached hydrogens (tertiary/aromatic N) is 3. The minimum Gasteiger partial charge on any atom is -0.337 e. The lowest BCUT2D eigenvalue weighted by Gasteiger charge is -2.06. The minimum absolute atomic E-state index is 0.181. The van der Waals surface area contributed by atoms with Crippen LogP contribution in [0, 0.1) is 6.92 Å². The summed E-state index contributed by atoms with van der Waals surface area (Å²) >= 11 is 0. The van der Waals surface area contributed by atoms with E-state index in [1.807, 2.05) is 49.4 Å². The molecule has 0 spiro atoms. The first-order chi connectivity index (χ1) is 10.2. The van der Waals surface area contributed by atoms with Crippen LogP contribution in [0.15, 0.2) is 48.8 Å². The molecule has 0 aliphatic rings. The smallest absolute Gasteiger partial charge is 0.327 e. The average Bonchev–Trinajstić information content (AvgIpc) is 2.91. The van der Waals surface area contributed by atoms with Gasteiger partial charge in [0.15, 0.2) is 5.65 Å². The van der Waals surface area contributed by atoms with Gasteiger partial charge in [-0.15, -0.1) is 0 Å². The highest BCUT2D eigenvalue weighted by atomic mass is 16.2. The standard InChI is InChI=1S/C16H16N4O/c1-12-7-8-14-15(19-12)18-11-20(14)16(21)17-10-9-13-5-3-2-4-6-13/h2-8,11H,9-10H2,1H3,(H,17,21). The van der Waals surface area contributed by atoms with E-state index in [-0.39, 0.29) is 6.03 Å². The number of fused-ring (bicyclic) bond motifs is 1. The molecule has 21 heavy (non-hydrogen) atoms. The van der Waals surface area contributed by atoms with E-state index in [2.05, 4.69) is 15.3 Å². The number of pyridine rings is 1. The average molecular weight is 280 g/mol. The maximum Gasteiger partial charge on any atom is 0.327 e. The van der Waals surface area contributed by atoms with Crippen LogP contribution in [0.25, 0.3) is 11.2 Å². The SMILES string of the molecule is Cc1ccc2c(ncn2C(=O)NCCc2ccccc2)n1. The number of nitrogens with one attached hydrogen (secondary N) is 1. The van der Waals surface area contributed by atoms with Crippen molar-refractivity contribution in [2.24, 2.45) is 0 Å². The van der Waals surface area contributed by atoms with Crippen LogP contribution < -0.4 is 5.32 Å². The van der Waals surface area contributed by atoms with Gasteiger partial charge in [0.25, 0.3) is 0 Å². The second-order valence-electron chi connectivity index (χ2n) is 4.88. The molecule has 3 rings (SSSR count). The predicted octanol–water partition coefficient (Wildman–Crippen LogP) is 2.54. The summed E-state index contributed by atoms with van der Waals surface area (Å²) in [5.41, 5.74) is 3.40. The van der Waals surface area contributed by atoms with Gasteiger partial charge in [0, 0.05) is 12.2 Å². The predicted molar refractivity (Wildman–Crippen MR) is 81.2 cm³/mol. The molecule has 106 valence electrons. The molecule has 0 saturated carbocycles. The first kappa shape index (κ1) is 13.3. The summed E-state index contributed by atoms with van der Waals surface area (Å²) in [4.78, 5) is 20.6. The summed E-state index contributed by atoms with van der Waals surface area (Å²) in [6.45, 7) is 2.49. The van der Waals surface area contributed by atoms with Crippen LogP contribution in [0.2, 0.25) is 0 Å². The maximum atomic E-state index is 12.2. The molecule has 0 aliphatic heterocycles. The van der Waals surface area contributed by atoms with Crippen LogP contribution in [-0.2, 0) is 6.42 Å². The molecule has 0 unspecified atom stereocenters. The van der Waals surface area contributed by atoms with E-state index in [1.54, 1.807) is 0 Å². The molecule has 0 aliphatic carbocycles. The Hall–Kier alpha value is -2.69. The molecule has 5 nitrogen and oxygen atoms in total. The Bertz CT molecular complexity index is 764. The van der Waals surface area contributed by atoms with Crippen molar-refractivity contribution in [3.05, 3.63) is 60.0 Å². The monoisotopic (exact) mass is 280 g/mol. The van der Waals surface area contributed by atoms with Gasteiger partial charge in [0.2, 0.25) is 0 Å². The summed E-state index contributed by atoms with van der Waals surface area (Å²) < 4.78 is 1.49. The fourth-order valence-electron chi connectivity index (χ4n) is 2.20. The Kier molecular flexibility index (Phi) is 3.64. The molecule has 0 bridgehead atoms. The van der Waals surface area contributed by atoms with Crippen molar-refractivity contribution >= 4 is 17.2 Å². The van der Waals surface area contributed by atoms with Crippen LogP contribution in [0.3, 0.4) is 0 Å². The van der Waals surface area contributed by atoms with Gasteiger partial charge in [0.05, 0.1) is 5.52 Å². The summed E-state index contributed by atoms with van der Waals surface area (Å²) in [5, 5.41) is 2.90. The summed E-state index contributed by atoms with van der Waals surface area (Å²) in [5.74, 6) is 0. The Morgan fingerprint density at radius 3 is 2.81 bits per heavy atom. The zero-order valence-electron chi connectivity index (χ0n) is 11.8. The molecule has 1 amide bonds. The number of hydrogen-bond acceptors (Lipinski definition) is 3. The lowest BCUT2D eigenvalue weighted by molar-refractivity contribution is 0.243. The first-order valence-corrected chi connectivity index (χ1v) is 6.87. The molecule has 0 fully saturated rings. The third-order valence-electron chi connectivity index (χ3n) is 3.30. The highest BCUT2D eigenvalue weighted by Crippen LogP contribution is 2.10. The minimum atomic E-state index is -0.181. The summed E-state index contributed by atoms with van der Waals surface area (Å²) in [6, 6.07) is 13.6. The van der Waals surface area contributed by atoms with E-state index in [1.165, 1.54) is 16.5 Å². The van der Waals surface area contributed by atoms with E-state index < -0.39 is 0 Å². The highest BCUT2D eigenvalue weighted by Gasteiger charge is 2.10. The molecule has 0 radical (unpaired) electrons. The van der Waals surface area contributed by atoms with Gasteiger partial charge >= 0.3 is 6.03 Å². The van der Waals surface area contributed by atoms with E-state index in [4.69, 9.17) is 0 Å². The molecular weight excluding hydrogens is 264 g/mol. The molecule has 1 aromatic carbocycles. The van der Waals surface area contributed by atoms with Crippen molar-refractivity contribution in [3.8, 4) is 0 Å². The second-order valence-corrected chi connectivity index (χ2v) is 4.88. The van der Waals surface area contributed by atoms with Crippen LogP contribution in [-0.4, -0.2) is 27.1 Å². The molecular formula is C16H16N4O. The molecule has 3 aromatic rings. The largest absolute Gasteiger partial charge is 0.337 e. The first-order valence-electron chi connectivity index (χ1n) is 6.87. The molecule has 2 heterocycles. The second kappa shape index (κ2) is 5.75. The molecule has 1 N–H and O–H groups in total. The fourth-order valence-corrected chi connectivity index (χ4v) is 2.20. The molecule has 5 heteroatoms. The molecule has 0 saturated heterocycles. The lowest BCUT2D eigenvalue weighted by atomic mass is 10.1. The van der Waals surface area contributed by atoms with E-state index in [0.29, 0.717) is 12.2 Å². The zero-order chi connectivity index (χ0) is 14.7. The van der Waals surface area contributed by atoms with Crippen molar-refractivity contribution < 1.29 is 4.79 Å². The quantitative estimate of drug-likeness (QED) is 0.802. The third kappa shape index (κ3) is 2.91. The van der Waals surface area contributed by atoms with E-state index >= 15 is 0 Å². The number of aryl methyl sites for hydroxylation is 1. The number of amides is 1. The Labute approximate surface area is 122 Å². The number of imidazole rings is 1. The Balaban J connectivity index is 1.67. The van der Waals surface area contributed by atoms with Gasteiger partial charge in [-0.25, -0.2) is 19.3 Å². The number of benzene rings is 1. The topological polar surface area (TPSA) is 59.8 Å². The molecule has 2 aromatic heterocycles. The summed E-state index contributed by atoms with van der Waals surface area (Å²) in [7, 11) is 0. The fraction of sp³-hybridized carbons (Fsp3) is 0.188. The van der Waals surface area contributed by atoms with Gasteiger partial charge in [-0.05, 0) is 31.0 Å². The van der Waals surface area contributed by atoms with Crippen LogP contribution in [0.4, 0.5) is 4.79 Å². The third-order valence-corrected chi connectivity index (χ3v) is 3.30. The van der Waals surface area contributed by atoms with Crippen LogP contribution in [0.1, 0.15) is 11.3 Å². The molecule has 0 atom stereocenters. The van der Waals surface area contributed by atoms with Crippen molar-refractivity contribution in [2.75, 3.05) is 6.54 Å².